The molecular formula is C14H20NO2. The topological polar surface area (TPSA) is 38.3 Å². The molecule has 1 aromatic rings. The first-order valence-electron chi connectivity index (χ1n) is 5.73. The molecule has 1 radical (unpaired) electrons. The molecule has 0 aromatic heterocycles. The predicted molar refractivity (Wildman–Crippen MR) is 68.4 cm³/mol. The first-order chi connectivity index (χ1) is 7.87. The summed E-state index contributed by atoms with van der Waals surface area (Å²) in [6.45, 7) is 7.42. The Kier molecular flexibility index (Phi) is 4.55. The first-order valence-corrected chi connectivity index (χ1v) is 5.73. The number of amides is 1. The van der Waals surface area contributed by atoms with Gasteiger partial charge in [-0.05, 0) is 39.7 Å². The van der Waals surface area contributed by atoms with Gasteiger partial charge < -0.3 is 10.1 Å². The average Bonchev–Trinajstić information content (AvgIpc) is 2.15. The van der Waals surface area contributed by atoms with Crippen molar-refractivity contribution in [1.29, 1.82) is 0 Å². The zero-order valence-corrected chi connectivity index (χ0v) is 10.9. The van der Waals surface area contributed by atoms with E-state index in [1.54, 1.807) is 0 Å². The fraction of sp³-hybridized carbons (Fsp3) is 0.429. The second-order valence-corrected chi connectivity index (χ2v) is 5.07. The maximum absolute atomic E-state index is 11.5. The SMILES string of the molecule is C[C](Cc1ccccc1)NC(=O)OC(C)(C)C. The molecule has 0 aliphatic rings. The van der Waals surface area contributed by atoms with Crippen LogP contribution < -0.4 is 5.32 Å². The minimum Gasteiger partial charge on any atom is -0.444 e. The molecule has 0 fully saturated rings. The van der Waals surface area contributed by atoms with E-state index in [2.05, 4.69) is 5.32 Å². The average molecular weight is 234 g/mol. The number of hydrogen-bond donors (Lipinski definition) is 1. The van der Waals surface area contributed by atoms with Crippen LogP contribution in [0.25, 0.3) is 0 Å². The lowest BCUT2D eigenvalue weighted by atomic mass is 10.1. The highest BCUT2D eigenvalue weighted by Crippen LogP contribution is 2.10. The van der Waals surface area contributed by atoms with Gasteiger partial charge in [0.2, 0.25) is 0 Å². The Hall–Kier alpha value is -1.51. The molecule has 0 aliphatic carbocycles. The lowest BCUT2D eigenvalue weighted by Gasteiger charge is -2.21. The normalized spacial score (nSPS) is 11.4. The van der Waals surface area contributed by atoms with Crippen LogP contribution in [-0.2, 0) is 11.2 Å². The first kappa shape index (κ1) is 13.6. The molecule has 3 nitrogen and oxygen atoms in total. The molecule has 1 aromatic carbocycles. The Labute approximate surface area is 103 Å². The Morgan fingerprint density at radius 2 is 1.82 bits per heavy atom. The highest BCUT2D eigenvalue weighted by molar-refractivity contribution is 5.69. The fourth-order valence-corrected chi connectivity index (χ4v) is 1.42. The van der Waals surface area contributed by atoms with Crippen molar-refractivity contribution < 1.29 is 9.53 Å². The van der Waals surface area contributed by atoms with Crippen LogP contribution in [0.2, 0.25) is 0 Å². The highest BCUT2D eigenvalue weighted by Gasteiger charge is 2.17. The maximum atomic E-state index is 11.5. The molecule has 93 valence electrons. The van der Waals surface area contributed by atoms with Crippen LogP contribution in [0.15, 0.2) is 30.3 Å². The molecule has 1 rings (SSSR count). The van der Waals surface area contributed by atoms with Gasteiger partial charge in [-0.25, -0.2) is 4.79 Å². The minimum absolute atomic E-state index is 0.397. The van der Waals surface area contributed by atoms with Crippen molar-refractivity contribution in [3.63, 3.8) is 0 Å². The van der Waals surface area contributed by atoms with Crippen molar-refractivity contribution >= 4 is 6.09 Å². The second kappa shape index (κ2) is 5.71. The number of benzene rings is 1. The van der Waals surface area contributed by atoms with E-state index < -0.39 is 11.7 Å². The summed E-state index contributed by atoms with van der Waals surface area (Å²) in [5, 5.41) is 2.74. The van der Waals surface area contributed by atoms with Gasteiger partial charge in [0.1, 0.15) is 5.60 Å². The van der Waals surface area contributed by atoms with Gasteiger partial charge in [-0.3, -0.25) is 0 Å². The Morgan fingerprint density at radius 1 is 1.24 bits per heavy atom. The van der Waals surface area contributed by atoms with Crippen LogP contribution in [0.5, 0.6) is 0 Å². The van der Waals surface area contributed by atoms with E-state index >= 15 is 0 Å². The molecule has 0 atom stereocenters. The second-order valence-electron chi connectivity index (χ2n) is 5.07. The number of rotatable bonds is 3. The molecule has 0 spiro atoms. The third-order valence-electron chi connectivity index (χ3n) is 2.03. The van der Waals surface area contributed by atoms with Gasteiger partial charge in [-0.2, -0.15) is 0 Å². The number of carbonyl (C=O) groups is 1. The zero-order chi connectivity index (χ0) is 12.9. The third-order valence-corrected chi connectivity index (χ3v) is 2.03. The van der Waals surface area contributed by atoms with E-state index in [1.807, 2.05) is 58.0 Å². The largest absolute Gasteiger partial charge is 0.444 e. The number of nitrogens with one attached hydrogen (secondary N) is 1. The fourth-order valence-electron chi connectivity index (χ4n) is 1.42. The lowest BCUT2D eigenvalue weighted by molar-refractivity contribution is 0.0532. The molecule has 1 N–H and O–H groups in total. The van der Waals surface area contributed by atoms with Gasteiger partial charge >= 0.3 is 6.09 Å². The van der Waals surface area contributed by atoms with Crippen LogP contribution in [0.3, 0.4) is 0 Å². The molecule has 3 heteroatoms. The Bertz CT molecular complexity index is 354. The van der Waals surface area contributed by atoms with Gasteiger partial charge in [0, 0.05) is 0 Å². The van der Waals surface area contributed by atoms with E-state index in [-0.39, 0.29) is 0 Å². The van der Waals surface area contributed by atoms with Crippen molar-refractivity contribution in [1.82, 2.24) is 5.32 Å². The van der Waals surface area contributed by atoms with Crippen molar-refractivity contribution in [2.75, 3.05) is 0 Å². The van der Waals surface area contributed by atoms with Gasteiger partial charge in [0.15, 0.2) is 0 Å². The summed E-state index contributed by atoms with van der Waals surface area (Å²) in [6, 6.07) is 10.9. The quantitative estimate of drug-likeness (QED) is 0.871. The third kappa shape index (κ3) is 5.95. The van der Waals surface area contributed by atoms with E-state index in [1.165, 1.54) is 5.56 Å². The molecule has 0 saturated heterocycles. The molecule has 17 heavy (non-hydrogen) atoms. The van der Waals surface area contributed by atoms with Gasteiger partial charge in [-0.15, -0.1) is 0 Å². The van der Waals surface area contributed by atoms with Crippen LogP contribution in [-0.4, -0.2) is 11.7 Å². The van der Waals surface area contributed by atoms with E-state index in [4.69, 9.17) is 4.74 Å². The highest BCUT2D eigenvalue weighted by atomic mass is 16.6. The monoisotopic (exact) mass is 234 g/mol. The van der Waals surface area contributed by atoms with Crippen molar-refractivity contribution in [2.24, 2.45) is 0 Å². The smallest absolute Gasteiger partial charge is 0.408 e. The van der Waals surface area contributed by atoms with Gasteiger partial charge in [-0.1, -0.05) is 30.3 Å². The molecule has 0 aliphatic heterocycles. The van der Waals surface area contributed by atoms with E-state index in [9.17, 15) is 4.79 Å². The summed E-state index contributed by atoms with van der Waals surface area (Å²) in [5.74, 6) is 0. The van der Waals surface area contributed by atoms with Crippen molar-refractivity contribution in [3.05, 3.63) is 41.9 Å². The van der Waals surface area contributed by atoms with E-state index in [0.717, 1.165) is 12.5 Å². The molecule has 1 amide bonds. The number of alkyl carbamates (subject to hydrolysis) is 1. The zero-order valence-electron chi connectivity index (χ0n) is 10.9. The summed E-state index contributed by atoms with van der Waals surface area (Å²) in [5.41, 5.74) is 0.706. The summed E-state index contributed by atoms with van der Waals surface area (Å²) in [7, 11) is 0. The Morgan fingerprint density at radius 3 is 2.35 bits per heavy atom. The molecule has 0 heterocycles. The van der Waals surface area contributed by atoms with Gasteiger partial charge in [0.05, 0.1) is 6.04 Å². The summed E-state index contributed by atoms with van der Waals surface area (Å²) < 4.78 is 5.18. The number of carbonyl (C=O) groups excluding carboxylic acids is 1. The summed E-state index contributed by atoms with van der Waals surface area (Å²) in [6.07, 6.45) is 0.325. The molecular weight excluding hydrogens is 214 g/mol. The van der Waals surface area contributed by atoms with Crippen molar-refractivity contribution in [3.8, 4) is 0 Å². The Balaban J connectivity index is 2.40. The molecule has 0 saturated carbocycles. The lowest BCUT2D eigenvalue weighted by Crippen LogP contribution is -2.34. The van der Waals surface area contributed by atoms with Crippen LogP contribution in [0.4, 0.5) is 4.79 Å². The van der Waals surface area contributed by atoms with Gasteiger partial charge in [0.25, 0.3) is 0 Å². The molecule has 0 unspecified atom stereocenters. The van der Waals surface area contributed by atoms with Crippen LogP contribution in [0.1, 0.15) is 33.3 Å². The summed E-state index contributed by atoms with van der Waals surface area (Å²) >= 11 is 0. The van der Waals surface area contributed by atoms with Crippen LogP contribution >= 0.6 is 0 Å². The molecule has 0 bridgehead atoms. The van der Waals surface area contributed by atoms with E-state index in [0.29, 0.717) is 0 Å². The predicted octanol–water partition coefficient (Wildman–Crippen LogP) is 3.31. The number of ether oxygens (including phenoxy) is 1. The maximum Gasteiger partial charge on any atom is 0.408 e. The standard InChI is InChI=1S/C14H20NO2/c1-11(10-12-8-6-5-7-9-12)15-13(16)17-14(2,3)4/h5-9H,10H2,1-4H3,(H,15,16). The van der Waals surface area contributed by atoms with Crippen LogP contribution in [0, 0.1) is 6.04 Å². The number of hydrogen-bond acceptors (Lipinski definition) is 2. The minimum atomic E-state index is -0.461. The van der Waals surface area contributed by atoms with Crippen molar-refractivity contribution in [2.45, 2.75) is 39.7 Å². The summed E-state index contributed by atoms with van der Waals surface area (Å²) in [4.78, 5) is 11.5.